The van der Waals surface area contributed by atoms with Gasteiger partial charge in [0, 0.05) is 5.92 Å². The number of hydrogen-bond donors (Lipinski definition) is 0. The fourth-order valence-electron chi connectivity index (χ4n) is 2.77. The molecule has 3 rings (SSSR count). The van der Waals surface area contributed by atoms with E-state index in [1.807, 2.05) is 6.26 Å². The highest BCUT2D eigenvalue weighted by Crippen LogP contribution is 2.44. The fraction of sp³-hybridized carbons (Fsp3) is 0.429. The fourth-order valence-corrected chi connectivity index (χ4v) is 2.77. The van der Waals surface area contributed by atoms with E-state index in [0.717, 1.165) is 0 Å². The summed E-state index contributed by atoms with van der Waals surface area (Å²) in [6.45, 7) is 0. The van der Waals surface area contributed by atoms with E-state index in [-0.39, 0.29) is 0 Å². The molecule has 0 radical (unpaired) electrons. The van der Waals surface area contributed by atoms with Crippen LogP contribution in [0.5, 0.6) is 0 Å². The summed E-state index contributed by atoms with van der Waals surface area (Å²) in [4.78, 5) is 0. The zero-order valence-electron chi connectivity index (χ0n) is 8.86. The molecular formula is C14H16O. The number of benzene rings is 1. The van der Waals surface area contributed by atoms with E-state index in [1.54, 1.807) is 0 Å². The van der Waals surface area contributed by atoms with Crippen LogP contribution in [0.25, 0.3) is 0 Å². The maximum absolute atomic E-state index is 5.82. The lowest BCUT2D eigenvalue weighted by molar-refractivity contribution is 0.127. The Morgan fingerprint density at radius 3 is 2.80 bits per heavy atom. The van der Waals surface area contributed by atoms with Gasteiger partial charge in [0.2, 0.25) is 0 Å². The number of rotatable bonds is 1. The van der Waals surface area contributed by atoms with Crippen LogP contribution in [0.1, 0.15) is 37.4 Å². The quantitative estimate of drug-likeness (QED) is 0.669. The first-order chi connectivity index (χ1) is 7.45. The van der Waals surface area contributed by atoms with Crippen LogP contribution in [-0.4, -0.2) is 0 Å². The molecule has 1 aliphatic heterocycles. The monoisotopic (exact) mass is 200 g/mol. The molecule has 15 heavy (non-hydrogen) atoms. The van der Waals surface area contributed by atoms with Crippen molar-refractivity contribution in [2.24, 2.45) is 5.92 Å². The highest BCUT2D eigenvalue weighted by atomic mass is 16.5. The molecule has 0 amide bonds. The highest BCUT2D eigenvalue weighted by molar-refractivity contribution is 5.25. The second-order valence-corrected chi connectivity index (χ2v) is 4.51. The summed E-state index contributed by atoms with van der Waals surface area (Å²) < 4.78 is 5.82. The van der Waals surface area contributed by atoms with Crippen molar-refractivity contribution in [3.05, 3.63) is 47.7 Å². The van der Waals surface area contributed by atoms with Crippen molar-refractivity contribution in [2.75, 3.05) is 0 Å². The van der Waals surface area contributed by atoms with Crippen molar-refractivity contribution in [2.45, 2.75) is 31.8 Å². The van der Waals surface area contributed by atoms with Crippen LogP contribution in [0.3, 0.4) is 0 Å². The van der Waals surface area contributed by atoms with E-state index < -0.39 is 0 Å². The van der Waals surface area contributed by atoms with Crippen LogP contribution in [0, 0.1) is 5.92 Å². The molecule has 2 aliphatic rings. The summed E-state index contributed by atoms with van der Waals surface area (Å²) in [5.41, 5.74) is 2.87. The van der Waals surface area contributed by atoms with Gasteiger partial charge in [0.15, 0.2) is 0 Å². The van der Waals surface area contributed by atoms with E-state index in [4.69, 9.17) is 4.74 Å². The van der Waals surface area contributed by atoms with Crippen molar-refractivity contribution in [3.8, 4) is 0 Å². The van der Waals surface area contributed by atoms with Crippen LogP contribution < -0.4 is 0 Å². The average Bonchev–Trinajstić information content (AvgIpc) is 2.74. The Morgan fingerprint density at radius 2 is 1.93 bits per heavy atom. The Morgan fingerprint density at radius 1 is 1.07 bits per heavy atom. The third kappa shape index (κ3) is 1.56. The van der Waals surface area contributed by atoms with Gasteiger partial charge in [0.05, 0.1) is 6.26 Å². The summed E-state index contributed by atoms with van der Waals surface area (Å²) in [6.07, 6.45) is 7.55. The molecule has 1 aromatic rings. The molecular weight excluding hydrogens is 184 g/mol. The second kappa shape index (κ2) is 3.73. The van der Waals surface area contributed by atoms with Gasteiger partial charge in [-0.25, -0.2) is 0 Å². The molecule has 0 aromatic heterocycles. The van der Waals surface area contributed by atoms with Crippen molar-refractivity contribution in [1.29, 1.82) is 0 Å². The Labute approximate surface area is 90.8 Å². The second-order valence-electron chi connectivity index (χ2n) is 4.51. The number of fused-ring (bicyclic) bond motifs is 1. The minimum atomic E-state index is 0.293. The van der Waals surface area contributed by atoms with Crippen molar-refractivity contribution >= 4 is 0 Å². The molecule has 1 heterocycles. The molecule has 0 spiro atoms. The van der Waals surface area contributed by atoms with Gasteiger partial charge in [0.1, 0.15) is 6.10 Å². The molecule has 1 fully saturated rings. The van der Waals surface area contributed by atoms with Crippen LogP contribution in [0.15, 0.2) is 42.2 Å². The number of hydrogen-bond acceptors (Lipinski definition) is 1. The van der Waals surface area contributed by atoms with E-state index in [0.29, 0.717) is 12.0 Å². The molecule has 1 nitrogen and oxygen atoms in total. The molecule has 0 bridgehead atoms. The maximum Gasteiger partial charge on any atom is 0.129 e. The van der Waals surface area contributed by atoms with Crippen molar-refractivity contribution in [3.63, 3.8) is 0 Å². The van der Waals surface area contributed by atoms with Crippen LogP contribution in [0.4, 0.5) is 0 Å². The summed E-state index contributed by atoms with van der Waals surface area (Å²) in [6, 6.07) is 10.6. The third-order valence-electron chi connectivity index (χ3n) is 3.57. The predicted molar refractivity (Wildman–Crippen MR) is 60.3 cm³/mol. The lowest BCUT2D eigenvalue weighted by Crippen LogP contribution is -2.14. The van der Waals surface area contributed by atoms with Crippen LogP contribution in [-0.2, 0) is 4.74 Å². The van der Waals surface area contributed by atoms with Crippen molar-refractivity contribution < 1.29 is 4.74 Å². The van der Waals surface area contributed by atoms with Crippen LogP contribution in [0.2, 0.25) is 0 Å². The standard InChI is InChI=1S/C14H16O/c1-2-6-11(7-3-1)14-13-9-5-4-8-12(13)10-15-14/h1-3,6-7,10,13-14H,4-5,8-9H2/t13-,14+/m1/s1. The molecule has 78 valence electrons. The Kier molecular flexibility index (Phi) is 2.24. The molecule has 1 saturated carbocycles. The minimum Gasteiger partial charge on any atom is -0.493 e. The van der Waals surface area contributed by atoms with E-state index >= 15 is 0 Å². The first-order valence-electron chi connectivity index (χ1n) is 5.84. The summed E-state index contributed by atoms with van der Waals surface area (Å²) in [5, 5.41) is 0. The van der Waals surface area contributed by atoms with E-state index in [1.165, 1.54) is 36.8 Å². The Balaban J connectivity index is 1.85. The molecule has 0 unspecified atom stereocenters. The third-order valence-corrected chi connectivity index (χ3v) is 3.57. The van der Waals surface area contributed by atoms with E-state index in [9.17, 15) is 0 Å². The average molecular weight is 200 g/mol. The van der Waals surface area contributed by atoms with Gasteiger partial charge in [-0.05, 0) is 30.4 Å². The molecule has 0 N–H and O–H groups in total. The SMILES string of the molecule is C1=C2CCCC[C@H]2[C@H](c2ccccc2)O1. The summed E-state index contributed by atoms with van der Waals surface area (Å²) in [5.74, 6) is 0.654. The van der Waals surface area contributed by atoms with Gasteiger partial charge in [-0.1, -0.05) is 36.8 Å². The largest absolute Gasteiger partial charge is 0.493 e. The van der Waals surface area contributed by atoms with Gasteiger partial charge in [-0.15, -0.1) is 0 Å². The maximum atomic E-state index is 5.82. The molecule has 2 atom stereocenters. The van der Waals surface area contributed by atoms with Crippen LogP contribution >= 0.6 is 0 Å². The Bertz CT molecular complexity index is 366. The molecule has 1 aromatic carbocycles. The molecule has 1 heteroatoms. The molecule has 1 aliphatic carbocycles. The van der Waals surface area contributed by atoms with Gasteiger partial charge in [0.25, 0.3) is 0 Å². The van der Waals surface area contributed by atoms with Gasteiger partial charge in [-0.2, -0.15) is 0 Å². The van der Waals surface area contributed by atoms with Crippen molar-refractivity contribution in [1.82, 2.24) is 0 Å². The lowest BCUT2D eigenvalue weighted by atomic mass is 9.81. The number of ether oxygens (including phenoxy) is 1. The van der Waals surface area contributed by atoms with Gasteiger partial charge >= 0.3 is 0 Å². The predicted octanol–water partition coefficient (Wildman–Crippen LogP) is 3.83. The van der Waals surface area contributed by atoms with Gasteiger partial charge in [-0.3, -0.25) is 0 Å². The summed E-state index contributed by atoms with van der Waals surface area (Å²) in [7, 11) is 0. The topological polar surface area (TPSA) is 9.23 Å². The lowest BCUT2D eigenvalue weighted by Gasteiger charge is -2.25. The van der Waals surface area contributed by atoms with E-state index in [2.05, 4.69) is 30.3 Å². The minimum absolute atomic E-state index is 0.293. The van der Waals surface area contributed by atoms with Gasteiger partial charge < -0.3 is 4.74 Å². The zero-order chi connectivity index (χ0) is 10.1. The zero-order valence-corrected chi connectivity index (χ0v) is 8.86. The first kappa shape index (κ1) is 9.02. The Hall–Kier alpha value is -1.24. The molecule has 0 saturated heterocycles. The first-order valence-corrected chi connectivity index (χ1v) is 5.84. The smallest absolute Gasteiger partial charge is 0.129 e. The highest BCUT2D eigenvalue weighted by Gasteiger charge is 2.33. The normalized spacial score (nSPS) is 29.2. The summed E-state index contributed by atoms with van der Waals surface area (Å²) >= 11 is 0.